The molecule has 3 atom stereocenters. The fourth-order valence-electron chi connectivity index (χ4n) is 2.49. The van der Waals surface area contributed by atoms with Crippen LogP contribution < -0.4 is 5.32 Å². The minimum Gasteiger partial charge on any atom is -0.346 e. The molecule has 0 aromatic rings. The second-order valence-electron chi connectivity index (χ2n) is 6.88. The molecule has 0 aromatic carbocycles. The average molecular weight is 253 g/mol. The molecule has 0 radical (unpaired) electrons. The number of nitrogens with one attached hydrogen (secondary N) is 1. The first kappa shape index (κ1) is 15.2. The van der Waals surface area contributed by atoms with Gasteiger partial charge in [-0.25, -0.2) is 0 Å². The molecular weight excluding hydrogens is 226 g/mol. The second kappa shape index (κ2) is 5.41. The Morgan fingerprint density at radius 3 is 2.17 bits per heavy atom. The van der Waals surface area contributed by atoms with Crippen molar-refractivity contribution < 1.29 is 9.59 Å². The van der Waals surface area contributed by atoms with Gasteiger partial charge in [-0.2, -0.15) is 0 Å². The molecule has 1 fully saturated rings. The molecule has 0 heterocycles. The Hall–Kier alpha value is -0.860. The number of amides is 1. The van der Waals surface area contributed by atoms with Crippen molar-refractivity contribution in [3.05, 3.63) is 0 Å². The Labute approximate surface area is 111 Å². The van der Waals surface area contributed by atoms with Crippen molar-refractivity contribution in [1.29, 1.82) is 0 Å². The van der Waals surface area contributed by atoms with Crippen molar-refractivity contribution in [2.24, 2.45) is 23.2 Å². The zero-order chi connectivity index (χ0) is 14.1. The van der Waals surface area contributed by atoms with Gasteiger partial charge in [0.05, 0.1) is 6.04 Å². The summed E-state index contributed by atoms with van der Waals surface area (Å²) in [4.78, 5) is 24.1. The Bertz CT molecular complexity index is 328. The summed E-state index contributed by atoms with van der Waals surface area (Å²) in [5.41, 5.74) is -0.217. The van der Waals surface area contributed by atoms with Gasteiger partial charge in [0.25, 0.3) is 0 Å². The summed E-state index contributed by atoms with van der Waals surface area (Å²) in [7, 11) is 0. The molecule has 3 heteroatoms. The number of Topliss-reactive ketones (excluding diaryl/α,β-unsaturated/α-hetero) is 1. The standard InChI is InChI=1S/C15H27NO2/c1-7-12(17)13(15(4,5)6)16-14(18)11-8-10(11)9(2)3/h9-11,13H,7-8H2,1-6H3,(H,16,18)/t10?,11-,13-/m1/s1. The molecule has 3 nitrogen and oxygen atoms in total. The highest BCUT2D eigenvalue weighted by Crippen LogP contribution is 2.44. The van der Waals surface area contributed by atoms with Crippen LogP contribution in [0.4, 0.5) is 0 Å². The SMILES string of the molecule is CCC(=O)[C@@H](NC(=O)[C@@H]1CC1C(C)C)C(C)(C)C. The topological polar surface area (TPSA) is 46.2 Å². The molecule has 0 saturated heterocycles. The largest absolute Gasteiger partial charge is 0.346 e. The molecule has 1 N–H and O–H groups in total. The molecule has 0 bridgehead atoms. The van der Waals surface area contributed by atoms with Crippen LogP contribution in [0.5, 0.6) is 0 Å². The molecule has 1 aliphatic carbocycles. The smallest absolute Gasteiger partial charge is 0.224 e. The zero-order valence-electron chi connectivity index (χ0n) is 12.5. The minimum absolute atomic E-state index is 0.0652. The summed E-state index contributed by atoms with van der Waals surface area (Å²) in [5.74, 6) is 1.37. The molecule has 0 aromatic heterocycles. The van der Waals surface area contributed by atoms with Gasteiger partial charge in [-0.15, -0.1) is 0 Å². The molecule has 18 heavy (non-hydrogen) atoms. The van der Waals surface area contributed by atoms with Gasteiger partial charge in [-0.3, -0.25) is 9.59 Å². The summed E-state index contributed by atoms with van der Waals surface area (Å²) in [6.45, 7) is 12.1. The number of rotatable bonds is 5. The van der Waals surface area contributed by atoms with Crippen molar-refractivity contribution in [3.8, 4) is 0 Å². The zero-order valence-corrected chi connectivity index (χ0v) is 12.5. The predicted octanol–water partition coefficient (Wildman–Crippen LogP) is 2.79. The van der Waals surface area contributed by atoms with Gasteiger partial charge < -0.3 is 5.32 Å². The van der Waals surface area contributed by atoms with Crippen LogP contribution in [0.25, 0.3) is 0 Å². The van der Waals surface area contributed by atoms with E-state index in [9.17, 15) is 9.59 Å². The van der Waals surface area contributed by atoms with Crippen LogP contribution in [0.1, 0.15) is 54.4 Å². The van der Waals surface area contributed by atoms with Crippen LogP contribution >= 0.6 is 0 Å². The lowest BCUT2D eigenvalue weighted by atomic mass is 9.83. The molecular formula is C15H27NO2. The van der Waals surface area contributed by atoms with E-state index < -0.39 is 0 Å². The monoisotopic (exact) mass is 253 g/mol. The molecule has 1 rings (SSSR count). The van der Waals surface area contributed by atoms with E-state index in [-0.39, 0.29) is 29.1 Å². The van der Waals surface area contributed by atoms with E-state index in [0.717, 1.165) is 6.42 Å². The highest BCUT2D eigenvalue weighted by Gasteiger charge is 2.46. The van der Waals surface area contributed by atoms with E-state index in [1.807, 2.05) is 27.7 Å². The Kier molecular flexibility index (Phi) is 4.57. The van der Waals surface area contributed by atoms with Crippen molar-refractivity contribution in [1.82, 2.24) is 5.32 Å². The number of carbonyl (C=O) groups is 2. The van der Waals surface area contributed by atoms with Gasteiger partial charge in [0.1, 0.15) is 0 Å². The average Bonchev–Trinajstić information content (AvgIpc) is 3.02. The first-order chi connectivity index (χ1) is 8.18. The lowest BCUT2D eigenvalue weighted by molar-refractivity contribution is -0.131. The van der Waals surface area contributed by atoms with Gasteiger partial charge in [-0.05, 0) is 23.7 Å². The molecule has 0 aliphatic heterocycles. The maximum atomic E-state index is 12.1. The van der Waals surface area contributed by atoms with Gasteiger partial charge in [0.2, 0.25) is 5.91 Å². The molecule has 104 valence electrons. The van der Waals surface area contributed by atoms with Gasteiger partial charge in [-0.1, -0.05) is 41.5 Å². The molecule has 1 unspecified atom stereocenters. The van der Waals surface area contributed by atoms with E-state index in [0.29, 0.717) is 18.3 Å². The summed E-state index contributed by atoms with van der Waals surface area (Å²) >= 11 is 0. The van der Waals surface area contributed by atoms with Gasteiger partial charge >= 0.3 is 0 Å². The lowest BCUT2D eigenvalue weighted by Crippen LogP contribution is -2.49. The quantitative estimate of drug-likeness (QED) is 0.819. The fourth-order valence-corrected chi connectivity index (χ4v) is 2.49. The van der Waals surface area contributed by atoms with Crippen LogP contribution in [0.15, 0.2) is 0 Å². The van der Waals surface area contributed by atoms with Crippen LogP contribution in [-0.2, 0) is 9.59 Å². The highest BCUT2D eigenvalue weighted by atomic mass is 16.2. The van der Waals surface area contributed by atoms with E-state index in [2.05, 4.69) is 19.2 Å². The molecule has 0 spiro atoms. The summed E-state index contributed by atoms with van der Waals surface area (Å²) in [6.07, 6.45) is 1.45. The van der Waals surface area contributed by atoms with Gasteiger partial charge in [0.15, 0.2) is 5.78 Å². The number of carbonyl (C=O) groups excluding carboxylic acids is 2. The van der Waals surface area contributed by atoms with Crippen molar-refractivity contribution in [2.75, 3.05) is 0 Å². The number of ketones is 1. The third-order valence-corrected chi connectivity index (χ3v) is 3.86. The maximum Gasteiger partial charge on any atom is 0.224 e. The van der Waals surface area contributed by atoms with Crippen LogP contribution in [0, 0.1) is 23.2 Å². The van der Waals surface area contributed by atoms with E-state index in [1.165, 1.54) is 0 Å². The molecule has 1 saturated carbocycles. The summed E-state index contributed by atoms with van der Waals surface area (Å²) < 4.78 is 0. The summed E-state index contributed by atoms with van der Waals surface area (Å²) in [6, 6.07) is -0.358. The highest BCUT2D eigenvalue weighted by molar-refractivity contribution is 5.91. The van der Waals surface area contributed by atoms with E-state index in [4.69, 9.17) is 0 Å². The number of hydrogen-bond donors (Lipinski definition) is 1. The van der Waals surface area contributed by atoms with Gasteiger partial charge in [0, 0.05) is 12.3 Å². The Morgan fingerprint density at radius 1 is 1.28 bits per heavy atom. The van der Waals surface area contributed by atoms with Crippen molar-refractivity contribution in [2.45, 2.75) is 60.4 Å². The second-order valence-corrected chi connectivity index (χ2v) is 6.88. The van der Waals surface area contributed by atoms with Crippen molar-refractivity contribution in [3.63, 3.8) is 0 Å². The molecule has 1 aliphatic rings. The Balaban J connectivity index is 2.63. The normalized spacial score (nSPS) is 24.8. The van der Waals surface area contributed by atoms with Crippen LogP contribution in [0.3, 0.4) is 0 Å². The first-order valence-corrected chi connectivity index (χ1v) is 7.01. The van der Waals surface area contributed by atoms with Crippen LogP contribution in [-0.4, -0.2) is 17.7 Å². The molecule has 1 amide bonds. The minimum atomic E-state index is -0.358. The first-order valence-electron chi connectivity index (χ1n) is 7.01. The predicted molar refractivity (Wildman–Crippen MR) is 73.1 cm³/mol. The fraction of sp³-hybridized carbons (Fsp3) is 0.867. The Morgan fingerprint density at radius 2 is 1.83 bits per heavy atom. The van der Waals surface area contributed by atoms with Crippen molar-refractivity contribution >= 4 is 11.7 Å². The lowest BCUT2D eigenvalue weighted by Gasteiger charge is -2.30. The number of hydrogen-bond acceptors (Lipinski definition) is 2. The third kappa shape index (κ3) is 3.56. The summed E-state index contributed by atoms with van der Waals surface area (Å²) in [5, 5.41) is 2.97. The maximum absolute atomic E-state index is 12.1. The third-order valence-electron chi connectivity index (χ3n) is 3.86. The van der Waals surface area contributed by atoms with E-state index >= 15 is 0 Å². The van der Waals surface area contributed by atoms with E-state index in [1.54, 1.807) is 0 Å². The van der Waals surface area contributed by atoms with Crippen LogP contribution in [0.2, 0.25) is 0 Å².